The van der Waals surface area contributed by atoms with Crippen molar-refractivity contribution in [3.63, 3.8) is 0 Å². The lowest BCUT2D eigenvalue weighted by molar-refractivity contribution is -0.384. The van der Waals surface area contributed by atoms with Gasteiger partial charge in [0.15, 0.2) is 0 Å². The van der Waals surface area contributed by atoms with Crippen molar-refractivity contribution in [1.29, 1.82) is 0 Å². The predicted molar refractivity (Wildman–Crippen MR) is 102 cm³/mol. The second-order valence-electron chi connectivity index (χ2n) is 5.43. The van der Waals surface area contributed by atoms with Gasteiger partial charge in [0, 0.05) is 23.4 Å². The number of hydrogen-bond acceptors (Lipinski definition) is 9. The van der Waals surface area contributed by atoms with Crippen molar-refractivity contribution in [1.82, 2.24) is 10.2 Å². The third kappa shape index (κ3) is 4.92. The molecule has 10 heteroatoms. The summed E-state index contributed by atoms with van der Waals surface area (Å²) < 4.78 is 21.7. The number of hydrogen-bond donors (Lipinski definition) is 0. The molecule has 0 amide bonds. The fourth-order valence-corrected chi connectivity index (χ4v) is 2.87. The first-order valence-electron chi connectivity index (χ1n) is 8.16. The molecule has 0 spiro atoms. The van der Waals surface area contributed by atoms with E-state index in [-0.39, 0.29) is 5.69 Å². The minimum Gasteiger partial charge on any atom is -0.497 e. The van der Waals surface area contributed by atoms with Crippen molar-refractivity contribution < 1.29 is 23.6 Å². The van der Waals surface area contributed by atoms with Gasteiger partial charge >= 0.3 is 0 Å². The molecule has 3 aromatic rings. The fourth-order valence-electron chi connectivity index (χ4n) is 2.29. The van der Waals surface area contributed by atoms with Crippen LogP contribution in [0.2, 0.25) is 0 Å². The van der Waals surface area contributed by atoms with E-state index >= 15 is 0 Å². The Morgan fingerprint density at radius 1 is 1.07 bits per heavy atom. The van der Waals surface area contributed by atoms with E-state index in [0.717, 1.165) is 0 Å². The summed E-state index contributed by atoms with van der Waals surface area (Å²) in [4.78, 5) is 10.3. The Labute approximate surface area is 164 Å². The zero-order chi connectivity index (χ0) is 19.9. The van der Waals surface area contributed by atoms with Crippen LogP contribution in [0, 0.1) is 10.1 Å². The van der Waals surface area contributed by atoms with Crippen LogP contribution in [0.25, 0.3) is 11.5 Å². The fraction of sp³-hybridized carbons (Fsp3) is 0.222. The predicted octanol–water partition coefficient (Wildman–Crippen LogP) is 3.83. The number of ether oxygens (including phenoxy) is 3. The lowest BCUT2D eigenvalue weighted by atomic mass is 10.2. The van der Waals surface area contributed by atoms with E-state index in [1.165, 1.54) is 23.9 Å². The van der Waals surface area contributed by atoms with Gasteiger partial charge in [-0.2, -0.15) is 0 Å². The number of rotatable bonds is 9. The first-order valence-corrected chi connectivity index (χ1v) is 9.14. The highest BCUT2D eigenvalue weighted by Gasteiger charge is 2.12. The largest absolute Gasteiger partial charge is 0.497 e. The van der Waals surface area contributed by atoms with Gasteiger partial charge in [-0.05, 0) is 18.2 Å². The van der Waals surface area contributed by atoms with Crippen molar-refractivity contribution in [2.45, 2.75) is 5.22 Å². The van der Waals surface area contributed by atoms with E-state index in [9.17, 15) is 10.1 Å². The maximum absolute atomic E-state index is 10.8. The molecular formula is C18H17N3O6S. The molecule has 3 rings (SSSR count). The van der Waals surface area contributed by atoms with Crippen LogP contribution < -0.4 is 14.2 Å². The van der Waals surface area contributed by atoms with Crippen molar-refractivity contribution in [2.75, 3.05) is 26.6 Å². The summed E-state index contributed by atoms with van der Waals surface area (Å²) >= 11 is 1.32. The van der Waals surface area contributed by atoms with Crippen molar-refractivity contribution in [3.05, 3.63) is 52.6 Å². The Hall–Kier alpha value is -3.27. The van der Waals surface area contributed by atoms with E-state index in [2.05, 4.69) is 10.2 Å². The van der Waals surface area contributed by atoms with Gasteiger partial charge in [0.1, 0.15) is 17.2 Å². The second kappa shape index (κ2) is 9.09. The standard InChI is InChI=1S/C18H17N3O6S/c1-24-15-8-12(9-16(11-15)25-2)17-19-20-18(27-17)28-7-6-26-14-5-3-4-13(10-14)21(22)23/h3-5,8-11H,6-7H2,1-2H3. The minimum absolute atomic E-state index is 0.0135. The monoisotopic (exact) mass is 403 g/mol. The third-order valence-electron chi connectivity index (χ3n) is 3.61. The Kier molecular flexibility index (Phi) is 6.33. The SMILES string of the molecule is COc1cc(OC)cc(-c2nnc(SCCOc3cccc([N+](=O)[O-])c3)o2)c1. The number of thioether (sulfide) groups is 1. The van der Waals surface area contributed by atoms with E-state index in [1.54, 1.807) is 44.6 Å². The number of non-ortho nitro benzene ring substituents is 1. The van der Waals surface area contributed by atoms with Crippen LogP contribution >= 0.6 is 11.8 Å². The van der Waals surface area contributed by atoms with Crippen molar-refractivity contribution >= 4 is 17.4 Å². The molecule has 0 fully saturated rings. The molecule has 0 saturated heterocycles. The molecule has 2 aromatic carbocycles. The topological polar surface area (TPSA) is 110 Å². The van der Waals surface area contributed by atoms with E-state index in [0.29, 0.717) is 46.3 Å². The molecule has 1 heterocycles. The van der Waals surface area contributed by atoms with Crippen molar-refractivity contribution in [3.8, 4) is 28.7 Å². The van der Waals surface area contributed by atoms with Gasteiger partial charge in [0.05, 0.1) is 31.8 Å². The quantitative estimate of drug-likeness (QED) is 0.228. The number of methoxy groups -OCH3 is 2. The van der Waals surface area contributed by atoms with Crippen LogP contribution in [0.15, 0.2) is 52.1 Å². The number of nitrogens with zero attached hydrogens (tertiary/aromatic N) is 3. The lowest BCUT2D eigenvalue weighted by Crippen LogP contribution is -2.00. The van der Waals surface area contributed by atoms with Crippen LogP contribution in [0.1, 0.15) is 0 Å². The van der Waals surface area contributed by atoms with Crippen LogP contribution in [-0.4, -0.2) is 41.7 Å². The average molecular weight is 403 g/mol. The maximum Gasteiger partial charge on any atom is 0.276 e. The third-order valence-corrected chi connectivity index (χ3v) is 4.39. The highest BCUT2D eigenvalue weighted by molar-refractivity contribution is 7.99. The molecule has 0 atom stereocenters. The molecule has 0 unspecified atom stereocenters. The highest BCUT2D eigenvalue weighted by atomic mass is 32.2. The Bertz CT molecular complexity index is 940. The number of benzene rings is 2. The Morgan fingerprint density at radius 2 is 1.82 bits per heavy atom. The van der Waals surface area contributed by atoms with Crippen LogP contribution in [0.4, 0.5) is 5.69 Å². The number of nitro groups is 1. The number of nitro benzene ring substituents is 1. The maximum atomic E-state index is 10.8. The van der Waals surface area contributed by atoms with Crippen molar-refractivity contribution in [2.24, 2.45) is 0 Å². The lowest BCUT2D eigenvalue weighted by Gasteiger charge is -2.05. The summed E-state index contributed by atoms with van der Waals surface area (Å²) in [6, 6.07) is 11.3. The molecule has 0 N–H and O–H groups in total. The molecule has 0 aliphatic heterocycles. The van der Waals surface area contributed by atoms with Gasteiger partial charge in [-0.25, -0.2) is 0 Å². The van der Waals surface area contributed by atoms with Gasteiger partial charge in [-0.15, -0.1) is 10.2 Å². The summed E-state index contributed by atoms with van der Waals surface area (Å²) in [6.07, 6.45) is 0. The van der Waals surface area contributed by atoms with Crippen LogP contribution in [0.5, 0.6) is 17.2 Å². The summed E-state index contributed by atoms with van der Waals surface area (Å²) in [5.41, 5.74) is 0.670. The molecule has 0 aliphatic rings. The summed E-state index contributed by atoms with van der Waals surface area (Å²) in [6.45, 7) is 0.330. The molecule has 0 aliphatic carbocycles. The minimum atomic E-state index is -0.463. The summed E-state index contributed by atoms with van der Waals surface area (Å²) in [5.74, 6) is 2.55. The van der Waals surface area contributed by atoms with E-state index in [1.807, 2.05) is 0 Å². The molecule has 1 aromatic heterocycles. The van der Waals surface area contributed by atoms with Gasteiger partial charge in [-0.1, -0.05) is 17.8 Å². The highest BCUT2D eigenvalue weighted by Crippen LogP contribution is 2.30. The smallest absolute Gasteiger partial charge is 0.276 e. The molecule has 28 heavy (non-hydrogen) atoms. The Morgan fingerprint density at radius 3 is 2.50 bits per heavy atom. The van der Waals surface area contributed by atoms with Gasteiger partial charge in [0.2, 0.25) is 5.89 Å². The normalized spacial score (nSPS) is 10.5. The van der Waals surface area contributed by atoms with Gasteiger partial charge < -0.3 is 18.6 Å². The molecule has 0 saturated carbocycles. The second-order valence-corrected chi connectivity index (χ2v) is 6.47. The van der Waals surface area contributed by atoms with Gasteiger partial charge in [0.25, 0.3) is 10.9 Å². The summed E-state index contributed by atoms with van der Waals surface area (Å²) in [7, 11) is 3.13. The molecule has 0 radical (unpaired) electrons. The first-order chi connectivity index (χ1) is 13.6. The Balaban J connectivity index is 1.57. The zero-order valence-electron chi connectivity index (χ0n) is 15.2. The van der Waals surface area contributed by atoms with Crippen LogP contribution in [-0.2, 0) is 0 Å². The summed E-state index contributed by atoms with van der Waals surface area (Å²) in [5, 5.41) is 19.2. The molecule has 0 bridgehead atoms. The van der Waals surface area contributed by atoms with Gasteiger partial charge in [-0.3, -0.25) is 10.1 Å². The molecule has 146 valence electrons. The zero-order valence-corrected chi connectivity index (χ0v) is 16.0. The van der Waals surface area contributed by atoms with E-state index < -0.39 is 4.92 Å². The average Bonchev–Trinajstić information content (AvgIpc) is 3.20. The molecule has 9 nitrogen and oxygen atoms in total. The molecular weight excluding hydrogens is 386 g/mol. The number of aromatic nitrogens is 2. The first kappa shape index (κ1) is 19.5. The van der Waals surface area contributed by atoms with Crippen LogP contribution in [0.3, 0.4) is 0 Å². The van der Waals surface area contributed by atoms with E-state index in [4.69, 9.17) is 18.6 Å².